The van der Waals surface area contributed by atoms with Crippen molar-refractivity contribution >= 4 is 33.3 Å². The minimum atomic E-state index is -0.870. The van der Waals surface area contributed by atoms with Gasteiger partial charge in [0, 0.05) is 0 Å². The van der Waals surface area contributed by atoms with E-state index in [-0.39, 0.29) is 5.92 Å². The summed E-state index contributed by atoms with van der Waals surface area (Å²) in [5.74, 6) is -0.294. The third kappa shape index (κ3) is 2.28. The molecule has 0 aromatic carbocycles. The zero-order valence-electron chi connectivity index (χ0n) is 10.5. The molecule has 0 fully saturated rings. The van der Waals surface area contributed by atoms with Crippen LogP contribution < -0.4 is 5.32 Å². The molecule has 0 radical (unpaired) electrons. The fourth-order valence-electron chi connectivity index (χ4n) is 1.73. The first-order valence-electron chi connectivity index (χ1n) is 5.69. The molecule has 0 aliphatic heterocycles. The summed E-state index contributed by atoms with van der Waals surface area (Å²) in [6.45, 7) is 5.71. The normalized spacial score (nSPS) is 12.9. The number of aromatic nitrogens is 2. The molecule has 2 aromatic heterocycles. The summed E-state index contributed by atoms with van der Waals surface area (Å²) in [4.78, 5) is 19.5. The molecule has 18 heavy (non-hydrogen) atoms. The van der Waals surface area contributed by atoms with E-state index in [1.165, 1.54) is 17.7 Å². The zero-order chi connectivity index (χ0) is 13.3. The van der Waals surface area contributed by atoms with E-state index in [0.29, 0.717) is 5.82 Å². The second kappa shape index (κ2) is 4.89. The Labute approximate surface area is 109 Å². The van der Waals surface area contributed by atoms with Crippen LogP contribution in [0.5, 0.6) is 0 Å². The molecular weight excluding hydrogens is 250 g/mol. The maximum Gasteiger partial charge on any atom is 0.326 e. The smallest absolute Gasteiger partial charge is 0.326 e. The van der Waals surface area contributed by atoms with E-state index in [0.717, 1.165) is 15.8 Å². The van der Waals surface area contributed by atoms with Gasteiger partial charge in [0.15, 0.2) is 0 Å². The molecule has 2 N–H and O–H groups in total. The highest BCUT2D eigenvalue weighted by Gasteiger charge is 2.22. The predicted octanol–water partition coefficient (Wildman–Crippen LogP) is 2.52. The Balaban J connectivity index is 2.39. The first-order valence-corrected chi connectivity index (χ1v) is 6.56. The van der Waals surface area contributed by atoms with Crippen molar-refractivity contribution in [1.29, 1.82) is 0 Å². The van der Waals surface area contributed by atoms with Gasteiger partial charge in [-0.1, -0.05) is 13.8 Å². The van der Waals surface area contributed by atoms with Crippen molar-refractivity contribution in [2.45, 2.75) is 26.8 Å². The van der Waals surface area contributed by atoms with Gasteiger partial charge in [0.05, 0.1) is 10.2 Å². The first-order chi connectivity index (χ1) is 8.50. The molecule has 0 bridgehead atoms. The standard InChI is InChI=1S/C12H15N3O2S/c1-6(2)8(12(16)17)15-11-10-9(13-5-14-11)7(3)4-18-10/h4-6,8H,1-3H3,(H,16,17)(H,13,14,15)/t8-/m0/s1. The Morgan fingerprint density at radius 3 is 2.78 bits per heavy atom. The van der Waals surface area contributed by atoms with E-state index in [2.05, 4.69) is 15.3 Å². The second-order valence-electron chi connectivity index (χ2n) is 4.52. The number of carboxylic acid groups (broad SMARTS) is 1. The third-order valence-electron chi connectivity index (χ3n) is 2.76. The van der Waals surface area contributed by atoms with Crippen LogP contribution in [0.2, 0.25) is 0 Å². The van der Waals surface area contributed by atoms with Gasteiger partial charge in [-0.15, -0.1) is 11.3 Å². The fraction of sp³-hybridized carbons (Fsp3) is 0.417. The van der Waals surface area contributed by atoms with Gasteiger partial charge in [-0.05, 0) is 23.8 Å². The monoisotopic (exact) mass is 265 g/mol. The van der Waals surface area contributed by atoms with Crippen LogP contribution in [0.3, 0.4) is 0 Å². The molecule has 5 nitrogen and oxygen atoms in total. The van der Waals surface area contributed by atoms with Crippen LogP contribution in [-0.2, 0) is 4.79 Å². The Morgan fingerprint density at radius 2 is 2.17 bits per heavy atom. The van der Waals surface area contributed by atoms with E-state index in [4.69, 9.17) is 0 Å². The summed E-state index contributed by atoms with van der Waals surface area (Å²) in [5, 5.41) is 14.2. The van der Waals surface area contributed by atoms with Crippen LogP contribution in [0.4, 0.5) is 5.82 Å². The molecule has 0 saturated heterocycles. The van der Waals surface area contributed by atoms with Gasteiger partial charge >= 0.3 is 5.97 Å². The number of aryl methyl sites for hydroxylation is 1. The van der Waals surface area contributed by atoms with Gasteiger partial charge in [0.1, 0.15) is 18.2 Å². The van der Waals surface area contributed by atoms with E-state index in [1.54, 1.807) is 0 Å². The maximum absolute atomic E-state index is 11.2. The lowest BCUT2D eigenvalue weighted by molar-refractivity contribution is -0.138. The largest absolute Gasteiger partial charge is 0.480 e. The number of anilines is 1. The summed E-state index contributed by atoms with van der Waals surface area (Å²) in [6.07, 6.45) is 1.46. The molecule has 0 aliphatic carbocycles. The van der Waals surface area contributed by atoms with E-state index in [1.807, 2.05) is 26.2 Å². The van der Waals surface area contributed by atoms with Gasteiger partial charge in [0.2, 0.25) is 0 Å². The highest BCUT2D eigenvalue weighted by molar-refractivity contribution is 7.18. The van der Waals surface area contributed by atoms with Gasteiger partial charge in [-0.3, -0.25) is 0 Å². The molecule has 96 valence electrons. The number of carboxylic acids is 1. The topological polar surface area (TPSA) is 75.1 Å². The minimum Gasteiger partial charge on any atom is -0.480 e. The Morgan fingerprint density at radius 1 is 1.44 bits per heavy atom. The van der Waals surface area contributed by atoms with Crippen LogP contribution in [0, 0.1) is 12.8 Å². The van der Waals surface area contributed by atoms with Crippen LogP contribution in [-0.4, -0.2) is 27.1 Å². The van der Waals surface area contributed by atoms with Crippen LogP contribution in [0.1, 0.15) is 19.4 Å². The van der Waals surface area contributed by atoms with Gasteiger partial charge < -0.3 is 10.4 Å². The Kier molecular flexibility index (Phi) is 3.47. The minimum absolute atomic E-state index is 0.0198. The van der Waals surface area contributed by atoms with Crippen molar-refractivity contribution in [3.63, 3.8) is 0 Å². The molecule has 2 heterocycles. The molecule has 0 unspecified atom stereocenters. The molecule has 2 rings (SSSR count). The lowest BCUT2D eigenvalue weighted by Gasteiger charge is -2.18. The van der Waals surface area contributed by atoms with Crippen LogP contribution in [0.15, 0.2) is 11.7 Å². The van der Waals surface area contributed by atoms with Crippen molar-refractivity contribution in [2.24, 2.45) is 5.92 Å². The van der Waals surface area contributed by atoms with E-state index >= 15 is 0 Å². The highest BCUT2D eigenvalue weighted by Crippen LogP contribution is 2.29. The molecule has 0 aliphatic rings. The lowest BCUT2D eigenvalue weighted by Crippen LogP contribution is -2.34. The Bertz CT molecular complexity index is 580. The quantitative estimate of drug-likeness (QED) is 0.888. The number of fused-ring (bicyclic) bond motifs is 1. The summed E-state index contributed by atoms with van der Waals surface area (Å²) >= 11 is 1.53. The number of hydrogen-bond donors (Lipinski definition) is 2. The average molecular weight is 265 g/mol. The van der Waals surface area contributed by atoms with Gasteiger partial charge in [-0.2, -0.15) is 0 Å². The Hall–Kier alpha value is -1.69. The maximum atomic E-state index is 11.2. The summed E-state index contributed by atoms with van der Waals surface area (Å²) in [6, 6.07) is -0.648. The zero-order valence-corrected chi connectivity index (χ0v) is 11.3. The average Bonchev–Trinajstić information content (AvgIpc) is 2.68. The molecule has 2 aromatic rings. The molecule has 0 saturated carbocycles. The summed E-state index contributed by atoms with van der Waals surface area (Å²) < 4.78 is 0.905. The van der Waals surface area contributed by atoms with Crippen molar-refractivity contribution in [3.05, 3.63) is 17.3 Å². The SMILES string of the molecule is Cc1csc2c(N[C@H](C(=O)O)C(C)C)ncnc12. The van der Waals surface area contributed by atoms with Crippen molar-refractivity contribution in [1.82, 2.24) is 9.97 Å². The van der Waals surface area contributed by atoms with Crippen molar-refractivity contribution < 1.29 is 9.90 Å². The van der Waals surface area contributed by atoms with Crippen LogP contribution >= 0.6 is 11.3 Å². The first kappa shape index (κ1) is 12.8. The number of carbonyl (C=O) groups is 1. The number of nitrogens with zero attached hydrogens (tertiary/aromatic N) is 2. The summed E-state index contributed by atoms with van der Waals surface area (Å²) in [5.41, 5.74) is 1.96. The molecule has 0 spiro atoms. The number of hydrogen-bond acceptors (Lipinski definition) is 5. The van der Waals surface area contributed by atoms with E-state index in [9.17, 15) is 9.90 Å². The molecule has 0 amide bonds. The highest BCUT2D eigenvalue weighted by atomic mass is 32.1. The third-order valence-corrected chi connectivity index (χ3v) is 3.85. The number of rotatable bonds is 4. The van der Waals surface area contributed by atoms with Gasteiger partial charge in [0.25, 0.3) is 0 Å². The molecular formula is C12H15N3O2S. The number of aliphatic carboxylic acids is 1. The predicted molar refractivity (Wildman–Crippen MR) is 72.0 cm³/mol. The van der Waals surface area contributed by atoms with Crippen molar-refractivity contribution in [2.75, 3.05) is 5.32 Å². The molecule has 6 heteroatoms. The van der Waals surface area contributed by atoms with Crippen molar-refractivity contribution in [3.8, 4) is 0 Å². The number of nitrogens with one attached hydrogen (secondary N) is 1. The van der Waals surface area contributed by atoms with E-state index < -0.39 is 12.0 Å². The second-order valence-corrected chi connectivity index (χ2v) is 5.40. The molecule has 1 atom stereocenters. The summed E-state index contributed by atoms with van der Waals surface area (Å²) in [7, 11) is 0. The fourth-order valence-corrected chi connectivity index (χ4v) is 2.69. The van der Waals surface area contributed by atoms with Crippen LogP contribution in [0.25, 0.3) is 10.2 Å². The van der Waals surface area contributed by atoms with Gasteiger partial charge in [-0.25, -0.2) is 14.8 Å². The lowest BCUT2D eigenvalue weighted by atomic mass is 10.1. The number of thiophene rings is 1.